The Morgan fingerprint density at radius 2 is 2.07 bits per heavy atom. The lowest BCUT2D eigenvalue weighted by Crippen LogP contribution is -2.48. The minimum Gasteiger partial charge on any atom is -0.356 e. The molecule has 6 heteroatoms. The van der Waals surface area contributed by atoms with E-state index >= 15 is 0 Å². The third kappa shape index (κ3) is 5.35. The fourth-order valence-corrected chi connectivity index (χ4v) is 4.01. The number of piperidine rings is 1. The average Bonchev–Trinajstić information content (AvgIpc) is 3.16. The summed E-state index contributed by atoms with van der Waals surface area (Å²) < 4.78 is 0. The number of anilines is 1. The molecule has 2 heterocycles. The number of amides is 1. The van der Waals surface area contributed by atoms with Gasteiger partial charge in [-0.15, -0.1) is 6.58 Å². The molecule has 0 aromatic heterocycles. The van der Waals surface area contributed by atoms with Gasteiger partial charge in [-0.05, 0) is 37.3 Å². The molecule has 1 amide bonds. The maximum Gasteiger partial charge on any atom is 0.227 e. The second-order valence-corrected chi connectivity index (χ2v) is 7.53. The second-order valence-electron chi connectivity index (χ2n) is 7.53. The molecule has 28 heavy (non-hydrogen) atoms. The summed E-state index contributed by atoms with van der Waals surface area (Å²) in [5.41, 5.74) is 2.36. The van der Waals surface area contributed by atoms with E-state index in [0.29, 0.717) is 12.5 Å². The monoisotopic (exact) mass is 383 g/mol. The maximum atomic E-state index is 12.6. The Hall–Kier alpha value is -2.34. The van der Waals surface area contributed by atoms with E-state index in [2.05, 4.69) is 33.2 Å². The number of fused-ring (bicyclic) bond motifs is 1. The van der Waals surface area contributed by atoms with Crippen LogP contribution in [0.1, 0.15) is 31.2 Å². The molecule has 2 aliphatic heterocycles. The summed E-state index contributed by atoms with van der Waals surface area (Å²) in [5.74, 6) is 1.05. The molecule has 0 saturated carbocycles. The molecule has 0 unspecified atom stereocenters. The first-order chi connectivity index (χ1) is 13.7. The molecule has 0 spiro atoms. The van der Waals surface area contributed by atoms with E-state index in [1.54, 1.807) is 7.05 Å². The molecule has 0 aliphatic carbocycles. The number of nitrogens with zero attached hydrogens (tertiary/aromatic N) is 3. The van der Waals surface area contributed by atoms with Gasteiger partial charge in [0.1, 0.15) is 0 Å². The number of hydrogen-bond acceptors (Lipinski definition) is 3. The lowest BCUT2D eigenvalue weighted by molar-refractivity contribution is -0.118. The number of rotatable bonds is 7. The first-order valence-electron chi connectivity index (χ1n) is 10.4. The highest BCUT2D eigenvalue weighted by Gasteiger charge is 2.23. The Morgan fingerprint density at radius 1 is 1.29 bits per heavy atom. The van der Waals surface area contributed by atoms with Crippen molar-refractivity contribution in [3.05, 3.63) is 42.5 Å². The van der Waals surface area contributed by atoms with Gasteiger partial charge in [-0.2, -0.15) is 0 Å². The number of guanidine groups is 1. The van der Waals surface area contributed by atoms with E-state index in [1.807, 2.05) is 29.2 Å². The van der Waals surface area contributed by atoms with Crippen molar-refractivity contribution in [1.82, 2.24) is 15.5 Å². The predicted molar refractivity (Wildman–Crippen MR) is 116 cm³/mol. The van der Waals surface area contributed by atoms with Gasteiger partial charge in [0, 0.05) is 57.9 Å². The van der Waals surface area contributed by atoms with E-state index in [0.717, 1.165) is 70.1 Å². The SMILES string of the molecule is C=CCN1CCC(NC(=NC)NCCCC(=O)N2CCc3ccccc32)CC1. The fraction of sp³-hybridized carbons (Fsp3) is 0.545. The molecule has 1 aromatic carbocycles. The van der Waals surface area contributed by atoms with Gasteiger partial charge in [0.2, 0.25) is 5.91 Å². The molecule has 1 aromatic rings. The average molecular weight is 384 g/mol. The molecule has 0 radical (unpaired) electrons. The van der Waals surface area contributed by atoms with Crippen molar-refractivity contribution in [2.45, 2.75) is 38.1 Å². The molecule has 3 rings (SSSR count). The summed E-state index contributed by atoms with van der Waals surface area (Å²) >= 11 is 0. The second kappa shape index (κ2) is 10.3. The quantitative estimate of drug-likeness (QED) is 0.328. The molecule has 2 aliphatic rings. The third-order valence-electron chi connectivity index (χ3n) is 5.59. The highest BCUT2D eigenvalue weighted by molar-refractivity contribution is 5.95. The van der Waals surface area contributed by atoms with Crippen molar-refractivity contribution in [1.29, 1.82) is 0 Å². The van der Waals surface area contributed by atoms with E-state index in [1.165, 1.54) is 5.56 Å². The van der Waals surface area contributed by atoms with Gasteiger partial charge in [0.05, 0.1) is 0 Å². The van der Waals surface area contributed by atoms with Crippen LogP contribution in [0.4, 0.5) is 5.69 Å². The summed E-state index contributed by atoms with van der Waals surface area (Å²) in [4.78, 5) is 21.2. The van der Waals surface area contributed by atoms with Crippen molar-refractivity contribution in [2.24, 2.45) is 4.99 Å². The first kappa shape index (κ1) is 20.4. The zero-order valence-corrected chi connectivity index (χ0v) is 17.0. The lowest BCUT2D eigenvalue weighted by atomic mass is 10.1. The Labute approximate surface area is 168 Å². The van der Waals surface area contributed by atoms with Crippen LogP contribution in [0.2, 0.25) is 0 Å². The number of para-hydroxylation sites is 1. The summed E-state index contributed by atoms with van der Waals surface area (Å²) in [6, 6.07) is 8.66. The number of hydrogen-bond donors (Lipinski definition) is 2. The van der Waals surface area contributed by atoms with Crippen LogP contribution in [0.5, 0.6) is 0 Å². The Kier molecular flexibility index (Phi) is 7.48. The van der Waals surface area contributed by atoms with Crippen LogP contribution < -0.4 is 15.5 Å². The fourth-order valence-electron chi connectivity index (χ4n) is 4.01. The van der Waals surface area contributed by atoms with Crippen LogP contribution in [0.25, 0.3) is 0 Å². The van der Waals surface area contributed by atoms with Crippen LogP contribution in [0.3, 0.4) is 0 Å². The van der Waals surface area contributed by atoms with Gasteiger partial charge in [-0.25, -0.2) is 0 Å². The largest absolute Gasteiger partial charge is 0.356 e. The smallest absolute Gasteiger partial charge is 0.227 e. The molecular formula is C22H33N5O. The summed E-state index contributed by atoms with van der Waals surface area (Å²) in [5, 5.41) is 6.87. The van der Waals surface area contributed by atoms with E-state index in [9.17, 15) is 4.79 Å². The van der Waals surface area contributed by atoms with E-state index in [-0.39, 0.29) is 5.91 Å². The Balaban J connectivity index is 1.35. The van der Waals surface area contributed by atoms with Crippen molar-refractivity contribution in [3.63, 3.8) is 0 Å². The molecule has 152 valence electrons. The van der Waals surface area contributed by atoms with E-state index in [4.69, 9.17) is 0 Å². The first-order valence-corrected chi connectivity index (χ1v) is 10.4. The van der Waals surface area contributed by atoms with Gasteiger partial charge < -0.3 is 15.5 Å². The van der Waals surface area contributed by atoms with Crippen LogP contribution in [0.15, 0.2) is 41.9 Å². The molecule has 0 atom stereocenters. The standard InChI is InChI=1S/C22H33N5O/c1-3-14-26-15-11-19(12-16-26)25-22(23-2)24-13-6-9-21(28)27-17-10-18-7-4-5-8-20(18)27/h3-5,7-8,19H,1,6,9-17H2,2H3,(H2,23,24,25). The molecule has 2 N–H and O–H groups in total. The molecular weight excluding hydrogens is 350 g/mol. The Morgan fingerprint density at radius 3 is 2.82 bits per heavy atom. The summed E-state index contributed by atoms with van der Waals surface area (Å²) in [6.45, 7) is 8.51. The van der Waals surface area contributed by atoms with Gasteiger partial charge >= 0.3 is 0 Å². The molecule has 6 nitrogen and oxygen atoms in total. The minimum atomic E-state index is 0.212. The zero-order valence-electron chi connectivity index (χ0n) is 17.0. The van der Waals surface area contributed by atoms with Crippen molar-refractivity contribution in [2.75, 3.05) is 44.7 Å². The summed E-state index contributed by atoms with van der Waals surface area (Å²) in [7, 11) is 1.80. The number of likely N-dealkylation sites (tertiary alicyclic amines) is 1. The molecule has 0 bridgehead atoms. The van der Waals surface area contributed by atoms with Crippen molar-refractivity contribution < 1.29 is 4.79 Å². The highest BCUT2D eigenvalue weighted by atomic mass is 16.2. The topological polar surface area (TPSA) is 60.0 Å². The third-order valence-corrected chi connectivity index (χ3v) is 5.59. The van der Waals surface area contributed by atoms with Gasteiger partial charge in [0.25, 0.3) is 0 Å². The van der Waals surface area contributed by atoms with Crippen molar-refractivity contribution >= 4 is 17.6 Å². The van der Waals surface area contributed by atoms with E-state index < -0.39 is 0 Å². The van der Waals surface area contributed by atoms with Crippen LogP contribution in [-0.2, 0) is 11.2 Å². The zero-order chi connectivity index (χ0) is 19.8. The normalized spacial score (nSPS) is 18.0. The predicted octanol–water partition coefficient (Wildman–Crippen LogP) is 2.17. The number of carbonyl (C=O) groups is 1. The van der Waals surface area contributed by atoms with Gasteiger partial charge in [0.15, 0.2) is 5.96 Å². The number of nitrogens with one attached hydrogen (secondary N) is 2. The van der Waals surface area contributed by atoms with Crippen LogP contribution in [0, 0.1) is 0 Å². The Bertz CT molecular complexity index is 694. The number of aliphatic imine (C=N–C) groups is 1. The molecule has 1 fully saturated rings. The van der Waals surface area contributed by atoms with Gasteiger partial charge in [-0.1, -0.05) is 24.3 Å². The highest BCUT2D eigenvalue weighted by Crippen LogP contribution is 2.27. The maximum absolute atomic E-state index is 12.6. The van der Waals surface area contributed by atoms with Crippen LogP contribution in [-0.4, -0.2) is 62.6 Å². The summed E-state index contributed by atoms with van der Waals surface area (Å²) in [6.07, 6.45) is 6.51. The molecule has 1 saturated heterocycles. The minimum absolute atomic E-state index is 0.212. The van der Waals surface area contributed by atoms with Gasteiger partial charge in [-0.3, -0.25) is 14.7 Å². The number of benzene rings is 1. The van der Waals surface area contributed by atoms with Crippen LogP contribution >= 0.6 is 0 Å². The lowest BCUT2D eigenvalue weighted by Gasteiger charge is -2.32. The number of carbonyl (C=O) groups excluding carboxylic acids is 1. The van der Waals surface area contributed by atoms with Crippen molar-refractivity contribution in [3.8, 4) is 0 Å².